The van der Waals surface area contributed by atoms with Crippen LogP contribution in [0.5, 0.6) is 0 Å². The Balaban J connectivity index is 2.53. The Labute approximate surface area is 81.0 Å². The van der Waals surface area contributed by atoms with Crippen LogP contribution in [-0.4, -0.2) is 6.21 Å². The molecule has 1 N–H and O–H groups in total. The lowest BCUT2D eigenvalue weighted by atomic mass is 10.1. The van der Waals surface area contributed by atoms with Crippen molar-refractivity contribution in [2.75, 3.05) is 0 Å². The molecule has 1 aromatic rings. The number of hydrogen-bond donors (Lipinski definition) is 1. The van der Waals surface area contributed by atoms with Crippen molar-refractivity contribution in [1.82, 2.24) is 0 Å². The zero-order chi connectivity index (χ0) is 9.42. The summed E-state index contributed by atoms with van der Waals surface area (Å²) in [6, 6.07) is 3.15. The van der Waals surface area contributed by atoms with Crippen molar-refractivity contribution in [2.24, 2.45) is 0 Å². The maximum absolute atomic E-state index is 13.5. The molecule has 0 aromatic heterocycles. The molecule has 1 saturated carbocycles. The highest BCUT2D eigenvalue weighted by Crippen LogP contribution is 2.42. The maximum atomic E-state index is 13.5. The van der Waals surface area contributed by atoms with Gasteiger partial charge in [-0.2, -0.15) is 0 Å². The summed E-state index contributed by atoms with van der Waals surface area (Å²) in [4.78, 5) is 0. The molecule has 0 spiro atoms. The molecular weight excluding hydrogens is 189 g/mol. The predicted molar refractivity (Wildman–Crippen MR) is 51.3 cm³/mol. The third-order valence-corrected chi connectivity index (χ3v) is 2.48. The Kier molecular flexibility index (Phi) is 2.08. The summed E-state index contributed by atoms with van der Waals surface area (Å²) in [7, 11) is 0. The number of rotatable bonds is 2. The van der Waals surface area contributed by atoms with E-state index in [9.17, 15) is 4.39 Å². The van der Waals surface area contributed by atoms with Crippen LogP contribution in [0.3, 0.4) is 0 Å². The molecule has 68 valence electrons. The lowest BCUT2D eigenvalue weighted by Gasteiger charge is -2.04. The van der Waals surface area contributed by atoms with E-state index in [1.165, 1.54) is 6.07 Å². The standard InChI is InChI=1S/C10H9ClFN/c11-8-3-7(5-13)10(12)9(4-8)6-1-2-6/h3-6,13H,1-2H2. The van der Waals surface area contributed by atoms with E-state index in [1.54, 1.807) is 6.07 Å². The van der Waals surface area contributed by atoms with Crippen LogP contribution < -0.4 is 0 Å². The molecule has 1 aliphatic rings. The van der Waals surface area contributed by atoms with Crippen molar-refractivity contribution in [3.8, 4) is 0 Å². The zero-order valence-corrected chi connectivity index (χ0v) is 7.74. The average Bonchev–Trinajstić information content (AvgIpc) is 2.91. The fourth-order valence-electron chi connectivity index (χ4n) is 1.43. The van der Waals surface area contributed by atoms with Crippen molar-refractivity contribution >= 4 is 17.8 Å². The number of halogens is 2. The van der Waals surface area contributed by atoms with Crippen molar-refractivity contribution < 1.29 is 4.39 Å². The van der Waals surface area contributed by atoms with Gasteiger partial charge in [0.25, 0.3) is 0 Å². The van der Waals surface area contributed by atoms with E-state index in [2.05, 4.69) is 0 Å². The molecule has 1 fully saturated rings. The van der Waals surface area contributed by atoms with Gasteiger partial charge in [-0.1, -0.05) is 11.6 Å². The molecule has 1 aliphatic carbocycles. The normalized spacial score (nSPS) is 15.8. The van der Waals surface area contributed by atoms with Gasteiger partial charge in [-0.05, 0) is 36.5 Å². The monoisotopic (exact) mass is 197 g/mol. The van der Waals surface area contributed by atoms with Crippen molar-refractivity contribution in [1.29, 1.82) is 5.41 Å². The Morgan fingerprint density at radius 3 is 2.69 bits per heavy atom. The Morgan fingerprint density at radius 1 is 1.46 bits per heavy atom. The molecule has 0 unspecified atom stereocenters. The highest BCUT2D eigenvalue weighted by atomic mass is 35.5. The smallest absolute Gasteiger partial charge is 0.135 e. The highest BCUT2D eigenvalue weighted by Gasteiger charge is 2.27. The second kappa shape index (κ2) is 3.11. The molecular formula is C10H9ClFN. The van der Waals surface area contributed by atoms with E-state index < -0.39 is 0 Å². The fourth-order valence-corrected chi connectivity index (χ4v) is 1.66. The van der Waals surface area contributed by atoms with E-state index in [0.29, 0.717) is 16.5 Å². The van der Waals surface area contributed by atoms with Gasteiger partial charge in [0.15, 0.2) is 0 Å². The Bertz CT molecular complexity index is 358. The molecule has 3 heteroatoms. The average molecular weight is 198 g/mol. The summed E-state index contributed by atoms with van der Waals surface area (Å²) in [5.41, 5.74) is 0.959. The SMILES string of the molecule is N=Cc1cc(Cl)cc(C2CC2)c1F. The largest absolute Gasteiger partial charge is 0.308 e. The minimum absolute atomic E-state index is 0.276. The van der Waals surface area contributed by atoms with Crippen LogP contribution in [0.25, 0.3) is 0 Å². The van der Waals surface area contributed by atoms with Crippen LogP contribution in [0, 0.1) is 11.2 Å². The first-order valence-electron chi connectivity index (χ1n) is 4.22. The second-order valence-electron chi connectivity index (χ2n) is 3.32. The quantitative estimate of drug-likeness (QED) is 0.704. The van der Waals surface area contributed by atoms with Gasteiger partial charge in [0, 0.05) is 16.8 Å². The van der Waals surface area contributed by atoms with Crippen LogP contribution in [-0.2, 0) is 0 Å². The van der Waals surface area contributed by atoms with Gasteiger partial charge in [-0.3, -0.25) is 0 Å². The highest BCUT2D eigenvalue weighted by molar-refractivity contribution is 6.30. The van der Waals surface area contributed by atoms with Gasteiger partial charge in [-0.15, -0.1) is 0 Å². The number of hydrogen-bond acceptors (Lipinski definition) is 1. The van der Waals surface area contributed by atoms with E-state index >= 15 is 0 Å². The molecule has 0 atom stereocenters. The predicted octanol–water partition coefficient (Wildman–Crippen LogP) is 3.35. The van der Waals surface area contributed by atoms with Gasteiger partial charge in [0.05, 0.1) is 0 Å². The van der Waals surface area contributed by atoms with Crippen LogP contribution >= 0.6 is 11.6 Å². The molecule has 0 bridgehead atoms. The molecule has 1 aromatic carbocycles. The van der Waals surface area contributed by atoms with Gasteiger partial charge in [0.2, 0.25) is 0 Å². The number of benzene rings is 1. The third kappa shape index (κ3) is 1.59. The molecule has 0 heterocycles. The first-order chi connectivity index (χ1) is 6.22. The summed E-state index contributed by atoms with van der Waals surface area (Å²) in [5, 5.41) is 7.53. The molecule has 0 amide bonds. The molecule has 0 aliphatic heterocycles. The lowest BCUT2D eigenvalue weighted by molar-refractivity contribution is 0.609. The van der Waals surface area contributed by atoms with E-state index in [4.69, 9.17) is 17.0 Å². The lowest BCUT2D eigenvalue weighted by Crippen LogP contribution is -1.94. The van der Waals surface area contributed by atoms with Gasteiger partial charge in [0.1, 0.15) is 5.82 Å². The first-order valence-corrected chi connectivity index (χ1v) is 4.59. The van der Waals surface area contributed by atoms with Crippen LogP contribution in [0.1, 0.15) is 29.9 Å². The molecule has 2 rings (SSSR count). The molecule has 1 nitrogen and oxygen atoms in total. The third-order valence-electron chi connectivity index (χ3n) is 2.27. The Morgan fingerprint density at radius 2 is 2.15 bits per heavy atom. The summed E-state index contributed by atoms with van der Waals surface area (Å²) >= 11 is 5.80. The zero-order valence-electron chi connectivity index (χ0n) is 6.98. The fraction of sp³-hybridized carbons (Fsp3) is 0.300. The topological polar surface area (TPSA) is 23.9 Å². The van der Waals surface area contributed by atoms with Crippen molar-refractivity contribution in [2.45, 2.75) is 18.8 Å². The molecule has 0 saturated heterocycles. The summed E-state index contributed by atoms with van der Waals surface area (Å²) in [5.74, 6) is 0.0549. The van der Waals surface area contributed by atoms with Gasteiger partial charge >= 0.3 is 0 Å². The minimum atomic E-state index is -0.276. The number of nitrogens with one attached hydrogen (secondary N) is 1. The van der Waals surface area contributed by atoms with Crippen molar-refractivity contribution in [3.05, 3.63) is 34.1 Å². The summed E-state index contributed by atoms with van der Waals surface area (Å²) in [6.45, 7) is 0. The maximum Gasteiger partial charge on any atom is 0.135 e. The van der Waals surface area contributed by atoms with Crippen molar-refractivity contribution in [3.63, 3.8) is 0 Å². The summed E-state index contributed by atoms with van der Waals surface area (Å²) in [6.07, 6.45) is 3.08. The molecule has 13 heavy (non-hydrogen) atoms. The van der Waals surface area contributed by atoms with Crippen LogP contribution in [0.15, 0.2) is 12.1 Å². The first kappa shape index (κ1) is 8.70. The van der Waals surface area contributed by atoms with Gasteiger partial charge < -0.3 is 5.41 Å². The molecule has 0 radical (unpaired) electrons. The van der Waals surface area contributed by atoms with Crippen LogP contribution in [0.2, 0.25) is 5.02 Å². The van der Waals surface area contributed by atoms with E-state index in [1.807, 2.05) is 0 Å². The van der Waals surface area contributed by atoms with E-state index in [-0.39, 0.29) is 11.4 Å². The van der Waals surface area contributed by atoms with E-state index in [0.717, 1.165) is 19.1 Å². The summed E-state index contributed by atoms with van der Waals surface area (Å²) < 4.78 is 13.5. The van der Waals surface area contributed by atoms with Crippen LogP contribution in [0.4, 0.5) is 4.39 Å². The minimum Gasteiger partial charge on any atom is -0.308 e. The second-order valence-corrected chi connectivity index (χ2v) is 3.75. The Hall–Kier alpha value is -0.890. The van der Waals surface area contributed by atoms with Gasteiger partial charge in [-0.25, -0.2) is 4.39 Å².